The molecule has 0 aliphatic rings. The minimum Gasteiger partial charge on any atom is -0.308 e. The molecule has 0 bridgehead atoms. The van der Waals surface area contributed by atoms with Crippen molar-refractivity contribution >= 4 is 60.9 Å². The molecule has 0 N–H and O–H groups in total. The molecule has 3 rings (SSSR count). The highest BCUT2D eigenvalue weighted by atomic mass is 79.9. The van der Waals surface area contributed by atoms with E-state index in [0.717, 1.165) is 26.4 Å². The van der Waals surface area contributed by atoms with Crippen molar-refractivity contribution in [2.75, 3.05) is 32.1 Å². The molecular formula is C19H21BrClN3OS. The van der Waals surface area contributed by atoms with Crippen LogP contribution in [0.1, 0.15) is 15.9 Å². The number of hydrogen-bond acceptors (Lipinski definition) is 4. The van der Waals surface area contributed by atoms with E-state index in [9.17, 15) is 4.79 Å². The summed E-state index contributed by atoms with van der Waals surface area (Å²) < 4.78 is 1.90. The van der Waals surface area contributed by atoms with Crippen molar-refractivity contribution in [3.05, 3.63) is 58.1 Å². The molecule has 4 nitrogen and oxygen atoms in total. The Hall–Kier alpha value is -1.47. The number of thiazole rings is 1. The molecule has 0 fully saturated rings. The second-order valence-electron chi connectivity index (χ2n) is 6.21. The normalized spacial score (nSPS) is 10.8. The van der Waals surface area contributed by atoms with E-state index < -0.39 is 0 Å². The van der Waals surface area contributed by atoms with E-state index in [-0.39, 0.29) is 18.3 Å². The summed E-state index contributed by atoms with van der Waals surface area (Å²) in [5.74, 6) is -0.0369. The number of carbonyl (C=O) groups excluding carboxylic acids is 1. The van der Waals surface area contributed by atoms with Crippen LogP contribution >= 0.6 is 39.7 Å². The molecule has 2 aromatic carbocycles. The lowest BCUT2D eigenvalue weighted by Gasteiger charge is -2.22. The van der Waals surface area contributed by atoms with E-state index in [1.165, 1.54) is 5.56 Å². The summed E-state index contributed by atoms with van der Waals surface area (Å²) in [4.78, 5) is 21.7. The number of hydrogen-bond donors (Lipinski definition) is 0. The average Bonchev–Trinajstić information content (AvgIpc) is 2.97. The van der Waals surface area contributed by atoms with E-state index >= 15 is 0 Å². The molecule has 1 amide bonds. The van der Waals surface area contributed by atoms with Gasteiger partial charge in [-0.2, -0.15) is 0 Å². The van der Waals surface area contributed by atoms with Crippen molar-refractivity contribution in [3.63, 3.8) is 0 Å². The number of aryl methyl sites for hydroxylation is 1. The van der Waals surface area contributed by atoms with Crippen molar-refractivity contribution in [2.24, 2.45) is 0 Å². The largest absolute Gasteiger partial charge is 0.308 e. The monoisotopic (exact) mass is 453 g/mol. The number of fused-ring (bicyclic) bond motifs is 1. The lowest BCUT2D eigenvalue weighted by atomic mass is 10.2. The Bertz CT molecular complexity index is 913. The highest BCUT2D eigenvalue weighted by molar-refractivity contribution is 9.10. The van der Waals surface area contributed by atoms with Crippen molar-refractivity contribution in [1.29, 1.82) is 0 Å². The summed E-state index contributed by atoms with van der Waals surface area (Å²) in [6, 6.07) is 13.7. The van der Waals surface area contributed by atoms with Gasteiger partial charge < -0.3 is 4.90 Å². The zero-order valence-electron chi connectivity index (χ0n) is 14.9. The molecule has 0 unspecified atom stereocenters. The van der Waals surface area contributed by atoms with Crippen molar-refractivity contribution < 1.29 is 4.79 Å². The number of amides is 1. The lowest BCUT2D eigenvalue weighted by molar-refractivity contribution is 0.0984. The van der Waals surface area contributed by atoms with Crippen LogP contribution in [0.4, 0.5) is 5.13 Å². The van der Waals surface area contributed by atoms with Gasteiger partial charge in [0, 0.05) is 17.6 Å². The molecule has 0 aliphatic carbocycles. The first-order valence-corrected chi connectivity index (χ1v) is 9.65. The van der Waals surface area contributed by atoms with Crippen molar-refractivity contribution in [1.82, 2.24) is 9.88 Å². The molecule has 0 atom stereocenters. The summed E-state index contributed by atoms with van der Waals surface area (Å²) >= 11 is 5.05. The van der Waals surface area contributed by atoms with Crippen LogP contribution in [0.15, 0.2) is 46.9 Å². The summed E-state index contributed by atoms with van der Waals surface area (Å²) in [6.07, 6.45) is 0. The van der Waals surface area contributed by atoms with Crippen LogP contribution in [0.25, 0.3) is 10.2 Å². The second kappa shape index (κ2) is 8.95. The number of aromatic nitrogens is 1. The first-order valence-electron chi connectivity index (χ1n) is 8.04. The van der Waals surface area contributed by atoms with Gasteiger partial charge in [-0.3, -0.25) is 9.69 Å². The molecule has 0 saturated heterocycles. The van der Waals surface area contributed by atoms with Crippen LogP contribution in [0.3, 0.4) is 0 Å². The topological polar surface area (TPSA) is 36.4 Å². The number of likely N-dealkylation sites (N-methyl/N-ethyl adjacent to an activating group) is 1. The Labute approximate surface area is 172 Å². The third-order valence-electron chi connectivity index (χ3n) is 3.88. The molecule has 3 aromatic rings. The van der Waals surface area contributed by atoms with E-state index in [4.69, 9.17) is 4.98 Å². The molecule has 1 heterocycles. The van der Waals surface area contributed by atoms with Gasteiger partial charge in [0.25, 0.3) is 5.91 Å². The van der Waals surface area contributed by atoms with Gasteiger partial charge in [0.2, 0.25) is 0 Å². The number of rotatable bonds is 5. The van der Waals surface area contributed by atoms with Crippen LogP contribution in [0, 0.1) is 6.92 Å². The molecule has 0 saturated carbocycles. The average molecular weight is 455 g/mol. The molecule has 0 aliphatic heterocycles. The van der Waals surface area contributed by atoms with E-state index in [1.54, 1.807) is 16.2 Å². The summed E-state index contributed by atoms with van der Waals surface area (Å²) in [5, 5.41) is 0.739. The van der Waals surface area contributed by atoms with E-state index in [0.29, 0.717) is 12.1 Å². The molecule has 7 heteroatoms. The Morgan fingerprint density at radius 3 is 2.58 bits per heavy atom. The first-order chi connectivity index (χ1) is 12.0. The molecule has 1 aromatic heterocycles. The SMILES string of the molecule is Cc1ccc2nc(N(CCN(C)C)C(=O)c3ccccc3Br)sc2c1.Cl. The minimum atomic E-state index is -0.0369. The highest BCUT2D eigenvalue weighted by Gasteiger charge is 2.22. The molecule has 0 radical (unpaired) electrons. The molecular weight excluding hydrogens is 434 g/mol. The smallest absolute Gasteiger partial charge is 0.261 e. The Morgan fingerprint density at radius 1 is 1.15 bits per heavy atom. The van der Waals surface area contributed by atoms with Gasteiger partial charge in [-0.25, -0.2) is 4.98 Å². The number of benzene rings is 2. The Morgan fingerprint density at radius 2 is 1.88 bits per heavy atom. The van der Waals surface area contributed by atoms with Gasteiger partial charge in [0.15, 0.2) is 5.13 Å². The third kappa shape index (κ3) is 4.62. The van der Waals surface area contributed by atoms with Crippen molar-refractivity contribution in [3.8, 4) is 0 Å². The number of anilines is 1. The predicted octanol–water partition coefficient (Wildman–Crippen LogP) is 5.00. The standard InChI is InChI=1S/C19H20BrN3OS.ClH/c1-13-8-9-16-17(12-13)25-19(21-16)23(11-10-22(2)3)18(24)14-6-4-5-7-15(14)20;/h4-9,12H,10-11H2,1-3H3;1H. The number of carbonyl (C=O) groups is 1. The summed E-state index contributed by atoms with van der Waals surface area (Å²) in [7, 11) is 4.01. The summed E-state index contributed by atoms with van der Waals surface area (Å²) in [5.41, 5.74) is 2.77. The third-order valence-corrected chi connectivity index (χ3v) is 5.62. The van der Waals surface area contributed by atoms with Crippen LogP contribution in [0.5, 0.6) is 0 Å². The first kappa shape index (κ1) is 20.8. The van der Waals surface area contributed by atoms with Gasteiger partial charge in [-0.15, -0.1) is 12.4 Å². The number of halogens is 2. The van der Waals surface area contributed by atoms with Gasteiger partial charge in [0.1, 0.15) is 0 Å². The van der Waals surface area contributed by atoms with E-state index in [2.05, 4.69) is 33.8 Å². The second-order valence-corrected chi connectivity index (χ2v) is 8.07. The van der Waals surface area contributed by atoms with Crippen LogP contribution in [-0.2, 0) is 0 Å². The maximum absolute atomic E-state index is 13.2. The molecule has 0 spiro atoms. The molecule has 26 heavy (non-hydrogen) atoms. The van der Waals surface area contributed by atoms with Crippen molar-refractivity contribution in [2.45, 2.75) is 6.92 Å². The van der Waals surface area contributed by atoms with Gasteiger partial charge in [-0.1, -0.05) is 29.5 Å². The summed E-state index contributed by atoms with van der Waals surface area (Å²) in [6.45, 7) is 3.42. The minimum absolute atomic E-state index is 0. The fourth-order valence-corrected chi connectivity index (χ4v) is 4.04. The zero-order valence-corrected chi connectivity index (χ0v) is 18.1. The lowest BCUT2D eigenvalue weighted by Crippen LogP contribution is -2.36. The Kier molecular flexibility index (Phi) is 7.17. The van der Waals surface area contributed by atoms with Crippen LogP contribution in [-0.4, -0.2) is 43.0 Å². The fraction of sp³-hybridized carbons (Fsp3) is 0.263. The molecule has 138 valence electrons. The van der Waals surface area contributed by atoms with Crippen LogP contribution in [0.2, 0.25) is 0 Å². The zero-order chi connectivity index (χ0) is 18.0. The van der Waals surface area contributed by atoms with Gasteiger partial charge >= 0.3 is 0 Å². The maximum Gasteiger partial charge on any atom is 0.261 e. The van der Waals surface area contributed by atoms with Gasteiger partial charge in [0.05, 0.1) is 15.8 Å². The van der Waals surface area contributed by atoms with Crippen LogP contribution < -0.4 is 4.90 Å². The maximum atomic E-state index is 13.2. The van der Waals surface area contributed by atoms with E-state index in [1.807, 2.05) is 50.5 Å². The fourth-order valence-electron chi connectivity index (χ4n) is 2.50. The predicted molar refractivity (Wildman–Crippen MR) is 116 cm³/mol. The highest BCUT2D eigenvalue weighted by Crippen LogP contribution is 2.31. The quantitative estimate of drug-likeness (QED) is 0.544. The van der Waals surface area contributed by atoms with Gasteiger partial charge in [-0.05, 0) is 66.8 Å². The Balaban J connectivity index is 0.00000243. The number of nitrogens with zero attached hydrogens (tertiary/aromatic N) is 3.